The molecule has 0 radical (unpaired) electrons. The van der Waals surface area contributed by atoms with Crippen molar-refractivity contribution < 1.29 is 4.79 Å². The number of rotatable bonds is 5. The molecule has 2 rings (SSSR count). The van der Waals surface area contributed by atoms with Gasteiger partial charge in [-0.1, -0.05) is 37.3 Å². The minimum Gasteiger partial charge on any atom is -0.349 e. The monoisotopic (exact) mass is 227 g/mol. The Morgan fingerprint density at radius 1 is 1.18 bits per heavy atom. The Morgan fingerprint density at radius 2 is 1.94 bits per heavy atom. The number of ketones is 1. The molecule has 0 aliphatic heterocycles. The highest BCUT2D eigenvalue weighted by Crippen LogP contribution is 2.09. The van der Waals surface area contributed by atoms with Crippen LogP contribution in [0.5, 0.6) is 0 Å². The molecule has 0 saturated heterocycles. The third-order valence-corrected chi connectivity index (χ3v) is 2.76. The van der Waals surface area contributed by atoms with Crippen LogP contribution in [-0.2, 0) is 6.54 Å². The van der Waals surface area contributed by atoms with Crippen LogP contribution in [0.1, 0.15) is 35.7 Å². The predicted molar refractivity (Wildman–Crippen MR) is 69.2 cm³/mol. The summed E-state index contributed by atoms with van der Waals surface area (Å²) in [5.41, 5.74) is 2.07. The molecular formula is C15H17NO. The van der Waals surface area contributed by atoms with Crippen LogP contribution in [0.2, 0.25) is 0 Å². The lowest BCUT2D eigenvalue weighted by atomic mass is 10.1. The third-order valence-electron chi connectivity index (χ3n) is 2.76. The second kappa shape index (κ2) is 5.48. The van der Waals surface area contributed by atoms with Crippen LogP contribution in [0.4, 0.5) is 0 Å². The second-order valence-electron chi connectivity index (χ2n) is 4.23. The van der Waals surface area contributed by atoms with E-state index in [-0.39, 0.29) is 5.78 Å². The van der Waals surface area contributed by atoms with Gasteiger partial charge in [0, 0.05) is 30.9 Å². The number of hydrogen-bond donors (Lipinski definition) is 0. The minimum absolute atomic E-state index is 0.235. The van der Waals surface area contributed by atoms with Crippen LogP contribution in [0.25, 0.3) is 0 Å². The van der Waals surface area contributed by atoms with Gasteiger partial charge in [0.2, 0.25) is 0 Å². The van der Waals surface area contributed by atoms with Gasteiger partial charge in [-0.05, 0) is 18.1 Å². The average Bonchev–Trinajstić information content (AvgIpc) is 2.79. The Labute approximate surface area is 102 Å². The van der Waals surface area contributed by atoms with Gasteiger partial charge in [-0.25, -0.2) is 0 Å². The van der Waals surface area contributed by atoms with E-state index in [0.717, 1.165) is 18.5 Å². The Bertz CT molecular complexity index is 485. The van der Waals surface area contributed by atoms with E-state index >= 15 is 0 Å². The minimum atomic E-state index is 0.235. The number of carbonyl (C=O) groups is 1. The second-order valence-corrected chi connectivity index (χ2v) is 4.23. The molecule has 2 nitrogen and oxygen atoms in total. The van der Waals surface area contributed by atoms with Gasteiger partial charge in [0.1, 0.15) is 0 Å². The molecule has 0 unspecified atom stereocenters. The van der Waals surface area contributed by atoms with Crippen molar-refractivity contribution >= 4 is 5.78 Å². The van der Waals surface area contributed by atoms with Crippen molar-refractivity contribution in [3.8, 4) is 0 Å². The van der Waals surface area contributed by atoms with Crippen molar-refractivity contribution in [3.63, 3.8) is 0 Å². The number of nitrogens with zero attached hydrogens (tertiary/aromatic N) is 1. The molecule has 0 aliphatic rings. The van der Waals surface area contributed by atoms with Crippen LogP contribution in [0.15, 0.2) is 48.8 Å². The summed E-state index contributed by atoms with van der Waals surface area (Å²) in [5.74, 6) is 0.235. The van der Waals surface area contributed by atoms with Gasteiger partial charge in [-0.15, -0.1) is 0 Å². The van der Waals surface area contributed by atoms with Crippen LogP contribution < -0.4 is 0 Å². The fraction of sp³-hybridized carbons (Fsp3) is 0.267. The largest absolute Gasteiger partial charge is 0.349 e. The van der Waals surface area contributed by atoms with E-state index in [0.29, 0.717) is 6.42 Å². The molecule has 0 fully saturated rings. The Kier molecular flexibility index (Phi) is 3.76. The van der Waals surface area contributed by atoms with Gasteiger partial charge in [-0.2, -0.15) is 0 Å². The molecule has 0 aliphatic carbocycles. The summed E-state index contributed by atoms with van der Waals surface area (Å²) in [7, 11) is 0. The van der Waals surface area contributed by atoms with Crippen molar-refractivity contribution in [2.75, 3.05) is 0 Å². The number of aromatic nitrogens is 1. The molecule has 2 aromatic rings. The first-order chi connectivity index (χ1) is 8.29. The summed E-state index contributed by atoms with van der Waals surface area (Å²) in [5, 5.41) is 0. The highest BCUT2D eigenvalue weighted by molar-refractivity contribution is 5.95. The molecule has 1 aromatic carbocycles. The molecule has 2 heteroatoms. The molecule has 0 amide bonds. The molecule has 0 bridgehead atoms. The van der Waals surface area contributed by atoms with Crippen molar-refractivity contribution in [3.05, 3.63) is 59.9 Å². The Hall–Kier alpha value is -1.83. The number of benzene rings is 1. The Balaban J connectivity index is 2.06. The molecule has 17 heavy (non-hydrogen) atoms. The van der Waals surface area contributed by atoms with Crippen molar-refractivity contribution in [2.24, 2.45) is 0 Å². The molecule has 1 heterocycles. The lowest BCUT2D eigenvalue weighted by Gasteiger charge is -2.02. The molecule has 88 valence electrons. The van der Waals surface area contributed by atoms with Crippen molar-refractivity contribution in [1.82, 2.24) is 4.57 Å². The summed E-state index contributed by atoms with van der Waals surface area (Å²) in [6, 6.07) is 12.2. The summed E-state index contributed by atoms with van der Waals surface area (Å²) in [4.78, 5) is 11.7. The Morgan fingerprint density at radius 3 is 2.65 bits per heavy atom. The smallest absolute Gasteiger partial charge is 0.164 e. The van der Waals surface area contributed by atoms with E-state index in [4.69, 9.17) is 0 Å². The van der Waals surface area contributed by atoms with Crippen LogP contribution in [0, 0.1) is 0 Å². The molecule has 1 aromatic heterocycles. The van der Waals surface area contributed by atoms with Crippen LogP contribution in [0.3, 0.4) is 0 Å². The summed E-state index contributed by atoms with van der Waals surface area (Å²) < 4.78 is 2.05. The fourth-order valence-corrected chi connectivity index (χ4v) is 1.87. The maximum atomic E-state index is 11.7. The van der Waals surface area contributed by atoms with E-state index in [2.05, 4.69) is 16.7 Å². The van der Waals surface area contributed by atoms with Crippen molar-refractivity contribution in [2.45, 2.75) is 26.3 Å². The first kappa shape index (κ1) is 11.6. The zero-order valence-corrected chi connectivity index (χ0v) is 10.1. The normalized spacial score (nSPS) is 10.4. The molecule has 0 spiro atoms. The van der Waals surface area contributed by atoms with E-state index < -0.39 is 0 Å². The zero-order valence-electron chi connectivity index (χ0n) is 10.1. The van der Waals surface area contributed by atoms with Gasteiger partial charge < -0.3 is 4.57 Å². The highest BCUT2D eigenvalue weighted by Gasteiger charge is 2.06. The maximum Gasteiger partial charge on any atom is 0.164 e. The van der Waals surface area contributed by atoms with E-state index in [1.807, 2.05) is 43.6 Å². The SMILES string of the molecule is CCCC(=O)c1ccn(Cc2ccccc2)c1. The number of Topliss-reactive ketones (excluding diaryl/α,β-unsaturated/α-hetero) is 1. The van der Waals surface area contributed by atoms with E-state index in [9.17, 15) is 4.79 Å². The van der Waals surface area contributed by atoms with Crippen LogP contribution >= 0.6 is 0 Å². The first-order valence-corrected chi connectivity index (χ1v) is 6.02. The van der Waals surface area contributed by atoms with Gasteiger partial charge in [0.05, 0.1) is 0 Å². The quantitative estimate of drug-likeness (QED) is 0.716. The van der Waals surface area contributed by atoms with Gasteiger partial charge in [0.25, 0.3) is 0 Å². The third kappa shape index (κ3) is 3.06. The van der Waals surface area contributed by atoms with Crippen LogP contribution in [-0.4, -0.2) is 10.4 Å². The van der Waals surface area contributed by atoms with Crippen molar-refractivity contribution in [1.29, 1.82) is 0 Å². The highest BCUT2D eigenvalue weighted by atomic mass is 16.1. The average molecular weight is 227 g/mol. The molecule has 0 saturated carbocycles. The number of carbonyl (C=O) groups excluding carboxylic acids is 1. The maximum absolute atomic E-state index is 11.7. The zero-order chi connectivity index (χ0) is 12.1. The molecule has 0 atom stereocenters. The van der Waals surface area contributed by atoms with Gasteiger partial charge >= 0.3 is 0 Å². The summed E-state index contributed by atoms with van der Waals surface area (Å²) in [6.07, 6.45) is 5.44. The molecular weight excluding hydrogens is 210 g/mol. The lowest BCUT2D eigenvalue weighted by molar-refractivity contribution is 0.0981. The molecule has 0 N–H and O–H groups in total. The van der Waals surface area contributed by atoms with Gasteiger partial charge in [0.15, 0.2) is 5.78 Å². The van der Waals surface area contributed by atoms with E-state index in [1.165, 1.54) is 5.56 Å². The summed E-state index contributed by atoms with van der Waals surface area (Å²) in [6.45, 7) is 2.85. The number of hydrogen-bond acceptors (Lipinski definition) is 1. The fourth-order valence-electron chi connectivity index (χ4n) is 1.87. The standard InChI is InChI=1S/C15H17NO/c1-2-6-15(17)14-9-10-16(12-14)11-13-7-4-3-5-8-13/h3-5,7-10,12H,2,6,11H2,1H3. The first-order valence-electron chi connectivity index (χ1n) is 6.02. The van der Waals surface area contributed by atoms with Gasteiger partial charge in [-0.3, -0.25) is 4.79 Å². The predicted octanol–water partition coefficient (Wildman–Crippen LogP) is 3.52. The lowest BCUT2D eigenvalue weighted by Crippen LogP contribution is -1.98. The summed E-state index contributed by atoms with van der Waals surface area (Å²) >= 11 is 0. The van der Waals surface area contributed by atoms with E-state index in [1.54, 1.807) is 0 Å². The topological polar surface area (TPSA) is 22.0 Å².